The maximum atomic E-state index is 12.5. The van der Waals surface area contributed by atoms with Crippen molar-refractivity contribution in [1.29, 1.82) is 0 Å². The third-order valence-electron chi connectivity index (χ3n) is 5.19. The van der Waals surface area contributed by atoms with Gasteiger partial charge in [-0.05, 0) is 56.0 Å². The zero-order valence-corrected chi connectivity index (χ0v) is 16.8. The SMILES string of the molecule is Cc1csc(C(=O)N(C)CCC2CCN(C(=O)c3[nH]c(=O)[nH]c3C)CC2)c1. The topological polar surface area (TPSA) is 89.3 Å². The number of imidazole rings is 1. The first kappa shape index (κ1) is 19.4. The van der Waals surface area contributed by atoms with Crippen LogP contribution >= 0.6 is 11.3 Å². The Morgan fingerprint density at radius 2 is 1.96 bits per heavy atom. The Hall–Kier alpha value is -2.35. The van der Waals surface area contributed by atoms with Crippen molar-refractivity contribution in [3.63, 3.8) is 0 Å². The molecule has 27 heavy (non-hydrogen) atoms. The lowest BCUT2D eigenvalue weighted by Crippen LogP contribution is -2.40. The molecule has 2 aromatic heterocycles. The van der Waals surface area contributed by atoms with Crippen LogP contribution in [0.25, 0.3) is 0 Å². The van der Waals surface area contributed by atoms with Crippen LogP contribution in [0.3, 0.4) is 0 Å². The lowest BCUT2D eigenvalue weighted by Gasteiger charge is -2.32. The summed E-state index contributed by atoms with van der Waals surface area (Å²) in [5, 5.41) is 1.99. The molecule has 0 spiro atoms. The summed E-state index contributed by atoms with van der Waals surface area (Å²) in [4.78, 5) is 45.8. The fourth-order valence-electron chi connectivity index (χ4n) is 3.48. The average Bonchev–Trinajstić information content (AvgIpc) is 3.23. The largest absolute Gasteiger partial charge is 0.341 e. The molecule has 1 fully saturated rings. The number of aromatic nitrogens is 2. The first-order chi connectivity index (χ1) is 12.8. The summed E-state index contributed by atoms with van der Waals surface area (Å²) in [6, 6.07) is 1.93. The summed E-state index contributed by atoms with van der Waals surface area (Å²) in [5.41, 5.74) is 1.71. The molecule has 146 valence electrons. The number of carbonyl (C=O) groups is 2. The van der Waals surface area contributed by atoms with Crippen LogP contribution in [0.2, 0.25) is 0 Å². The molecule has 1 saturated heterocycles. The van der Waals surface area contributed by atoms with Crippen molar-refractivity contribution in [1.82, 2.24) is 19.8 Å². The van der Waals surface area contributed by atoms with Gasteiger partial charge in [0.15, 0.2) is 0 Å². The van der Waals surface area contributed by atoms with E-state index in [0.29, 0.717) is 30.4 Å². The van der Waals surface area contributed by atoms with Gasteiger partial charge in [0.05, 0.1) is 4.88 Å². The van der Waals surface area contributed by atoms with Gasteiger partial charge < -0.3 is 19.8 Å². The molecule has 0 bridgehead atoms. The average molecular weight is 391 g/mol. The predicted molar refractivity (Wildman–Crippen MR) is 105 cm³/mol. The Kier molecular flexibility index (Phi) is 5.84. The van der Waals surface area contributed by atoms with Gasteiger partial charge in [-0.15, -0.1) is 11.3 Å². The molecule has 3 heterocycles. The van der Waals surface area contributed by atoms with Crippen molar-refractivity contribution in [3.8, 4) is 0 Å². The minimum absolute atomic E-state index is 0.0765. The van der Waals surface area contributed by atoms with E-state index >= 15 is 0 Å². The fraction of sp³-hybridized carbons (Fsp3) is 0.526. The highest BCUT2D eigenvalue weighted by Crippen LogP contribution is 2.23. The van der Waals surface area contributed by atoms with E-state index in [0.717, 1.165) is 36.2 Å². The van der Waals surface area contributed by atoms with Crippen LogP contribution in [0.4, 0.5) is 0 Å². The molecule has 3 rings (SSSR count). The minimum Gasteiger partial charge on any atom is -0.341 e. The molecule has 7 nitrogen and oxygen atoms in total. The van der Waals surface area contributed by atoms with Crippen LogP contribution in [-0.2, 0) is 0 Å². The van der Waals surface area contributed by atoms with Gasteiger partial charge >= 0.3 is 5.69 Å². The number of amides is 2. The monoisotopic (exact) mass is 390 g/mol. The number of carbonyl (C=O) groups excluding carboxylic acids is 2. The smallest absolute Gasteiger partial charge is 0.323 e. The van der Waals surface area contributed by atoms with Gasteiger partial charge in [-0.3, -0.25) is 9.59 Å². The van der Waals surface area contributed by atoms with Crippen LogP contribution in [-0.4, -0.2) is 58.3 Å². The number of aryl methyl sites for hydroxylation is 2. The molecule has 0 unspecified atom stereocenters. The third-order valence-corrected chi connectivity index (χ3v) is 6.23. The van der Waals surface area contributed by atoms with Crippen molar-refractivity contribution in [2.45, 2.75) is 33.1 Å². The second-order valence-electron chi connectivity index (χ2n) is 7.32. The lowest BCUT2D eigenvalue weighted by atomic mass is 9.93. The van der Waals surface area contributed by atoms with E-state index in [1.165, 1.54) is 11.3 Å². The van der Waals surface area contributed by atoms with Gasteiger partial charge in [-0.1, -0.05) is 0 Å². The first-order valence-electron chi connectivity index (χ1n) is 9.24. The molecular formula is C19H26N4O3S. The Bertz CT molecular complexity index is 874. The van der Waals surface area contributed by atoms with Crippen LogP contribution < -0.4 is 5.69 Å². The Balaban J connectivity index is 1.47. The van der Waals surface area contributed by atoms with Gasteiger partial charge in [0.2, 0.25) is 0 Å². The molecule has 0 atom stereocenters. The second kappa shape index (κ2) is 8.12. The first-order valence-corrected chi connectivity index (χ1v) is 10.1. The summed E-state index contributed by atoms with van der Waals surface area (Å²) < 4.78 is 0. The molecule has 8 heteroatoms. The quantitative estimate of drug-likeness (QED) is 0.821. The molecule has 0 aliphatic carbocycles. The molecule has 0 aromatic carbocycles. The number of hydrogen-bond acceptors (Lipinski definition) is 4. The van der Waals surface area contributed by atoms with Crippen LogP contribution in [0, 0.1) is 19.8 Å². The summed E-state index contributed by atoms with van der Waals surface area (Å²) in [5.74, 6) is 0.456. The number of likely N-dealkylation sites (tertiary alicyclic amines) is 1. The Labute approximate surface area is 162 Å². The highest BCUT2D eigenvalue weighted by Gasteiger charge is 2.26. The van der Waals surface area contributed by atoms with Gasteiger partial charge in [-0.2, -0.15) is 0 Å². The number of nitrogens with one attached hydrogen (secondary N) is 2. The lowest BCUT2D eigenvalue weighted by molar-refractivity contribution is 0.0670. The number of piperidine rings is 1. The second-order valence-corrected chi connectivity index (χ2v) is 8.23. The van der Waals surface area contributed by atoms with E-state index < -0.39 is 0 Å². The number of aromatic amines is 2. The van der Waals surface area contributed by atoms with E-state index in [4.69, 9.17) is 0 Å². The van der Waals surface area contributed by atoms with Crippen molar-refractivity contribution in [2.24, 2.45) is 5.92 Å². The highest BCUT2D eigenvalue weighted by atomic mass is 32.1. The van der Waals surface area contributed by atoms with E-state index in [1.54, 1.807) is 16.7 Å². The van der Waals surface area contributed by atoms with Crippen LogP contribution in [0.5, 0.6) is 0 Å². The van der Waals surface area contributed by atoms with Crippen LogP contribution in [0.15, 0.2) is 16.2 Å². The number of rotatable bonds is 5. The fourth-order valence-corrected chi connectivity index (χ4v) is 4.37. The predicted octanol–water partition coefficient (Wildman–Crippen LogP) is 2.40. The zero-order chi connectivity index (χ0) is 19.6. The van der Waals surface area contributed by atoms with Crippen LogP contribution in [0.1, 0.15) is 50.7 Å². The van der Waals surface area contributed by atoms with Crippen molar-refractivity contribution >= 4 is 23.2 Å². The molecule has 1 aliphatic rings. The molecule has 2 aromatic rings. The van der Waals surface area contributed by atoms with Crippen molar-refractivity contribution in [3.05, 3.63) is 43.8 Å². The van der Waals surface area contributed by atoms with Gasteiger partial charge in [0.25, 0.3) is 11.8 Å². The van der Waals surface area contributed by atoms with Gasteiger partial charge in [0.1, 0.15) is 5.69 Å². The molecule has 2 amide bonds. The normalized spacial score (nSPS) is 15.1. The molecule has 1 aliphatic heterocycles. The number of nitrogens with zero attached hydrogens (tertiary/aromatic N) is 2. The minimum atomic E-state index is -0.348. The van der Waals surface area contributed by atoms with Gasteiger partial charge in [0, 0.05) is 32.4 Å². The molecule has 2 N–H and O–H groups in total. The summed E-state index contributed by atoms with van der Waals surface area (Å²) in [6.07, 6.45) is 2.77. The number of H-pyrrole nitrogens is 2. The van der Waals surface area contributed by atoms with Gasteiger partial charge in [-0.25, -0.2) is 4.79 Å². The summed E-state index contributed by atoms with van der Waals surface area (Å²) in [7, 11) is 1.85. The van der Waals surface area contributed by atoms with E-state index in [9.17, 15) is 14.4 Å². The van der Waals surface area contributed by atoms with Crippen molar-refractivity contribution in [2.75, 3.05) is 26.7 Å². The Morgan fingerprint density at radius 1 is 1.26 bits per heavy atom. The van der Waals surface area contributed by atoms with Crippen molar-refractivity contribution < 1.29 is 9.59 Å². The number of hydrogen-bond donors (Lipinski definition) is 2. The molecule has 0 radical (unpaired) electrons. The molecular weight excluding hydrogens is 364 g/mol. The standard InChI is InChI=1S/C19H26N4O3S/c1-12-10-15(27-11-12)17(24)22(3)7-4-14-5-8-23(9-6-14)18(25)16-13(2)20-19(26)21-16/h10-11,14H,4-9H2,1-3H3,(H2,20,21,26). The highest BCUT2D eigenvalue weighted by molar-refractivity contribution is 7.12. The van der Waals surface area contributed by atoms with E-state index in [-0.39, 0.29) is 17.5 Å². The Morgan fingerprint density at radius 3 is 2.52 bits per heavy atom. The maximum Gasteiger partial charge on any atom is 0.323 e. The summed E-state index contributed by atoms with van der Waals surface area (Å²) in [6.45, 7) is 5.79. The maximum absolute atomic E-state index is 12.5. The van der Waals surface area contributed by atoms with E-state index in [1.807, 2.05) is 25.4 Å². The number of thiophene rings is 1. The van der Waals surface area contributed by atoms with E-state index in [2.05, 4.69) is 9.97 Å². The zero-order valence-electron chi connectivity index (χ0n) is 16.0. The third kappa shape index (κ3) is 4.50. The summed E-state index contributed by atoms with van der Waals surface area (Å²) >= 11 is 1.49. The molecule has 0 saturated carbocycles.